The predicted molar refractivity (Wildman–Crippen MR) is 50.4 cm³/mol. The number of rotatable bonds is 2. The van der Waals surface area contributed by atoms with Crippen LogP contribution in [0.5, 0.6) is 0 Å². The van der Waals surface area contributed by atoms with Crippen LogP contribution in [0, 0.1) is 5.82 Å². The molecule has 0 bridgehead atoms. The monoisotopic (exact) mass is 223 g/mol. The van der Waals surface area contributed by atoms with E-state index in [4.69, 9.17) is 28.9 Å². The van der Waals surface area contributed by atoms with Crippen molar-refractivity contribution in [1.82, 2.24) is 0 Å². The van der Waals surface area contributed by atoms with Gasteiger partial charge in [-0.15, -0.1) is 0 Å². The molecule has 1 atom stereocenters. The summed E-state index contributed by atoms with van der Waals surface area (Å²) in [5, 5.41) is 9.38. The fourth-order valence-corrected chi connectivity index (χ4v) is 1.37. The largest absolute Gasteiger partial charge is 0.387 e. The zero-order valence-electron chi connectivity index (χ0n) is 6.60. The van der Waals surface area contributed by atoms with Crippen LogP contribution in [0.25, 0.3) is 0 Å². The highest BCUT2D eigenvalue weighted by atomic mass is 35.5. The van der Waals surface area contributed by atoms with Crippen molar-refractivity contribution >= 4 is 23.2 Å². The van der Waals surface area contributed by atoms with E-state index in [1.54, 1.807) is 0 Å². The Kier molecular flexibility index (Phi) is 3.50. The maximum Gasteiger partial charge on any atom is 0.143 e. The number of aliphatic hydroxyl groups excluding tert-OH is 1. The molecule has 72 valence electrons. The van der Waals surface area contributed by atoms with Gasteiger partial charge in [0.2, 0.25) is 0 Å². The van der Waals surface area contributed by atoms with Gasteiger partial charge in [-0.05, 0) is 12.1 Å². The van der Waals surface area contributed by atoms with Gasteiger partial charge in [0.1, 0.15) is 5.82 Å². The molecule has 0 fully saturated rings. The first kappa shape index (κ1) is 10.7. The minimum atomic E-state index is -0.911. The van der Waals surface area contributed by atoms with Crippen LogP contribution in [0.15, 0.2) is 12.1 Å². The summed E-state index contributed by atoms with van der Waals surface area (Å²) < 4.78 is 12.8. The van der Waals surface area contributed by atoms with E-state index in [9.17, 15) is 9.50 Å². The third-order valence-electron chi connectivity index (χ3n) is 1.62. The number of nitrogens with two attached hydrogens (primary N) is 1. The lowest BCUT2D eigenvalue weighted by Gasteiger charge is -2.10. The zero-order valence-corrected chi connectivity index (χ0v) is 8.11. The van der Waals surface area contributed by atoms with Crippen molar-refractivity contribution in [2.45, 2.75) is 6.10 Å². The van der Waals surface area contributed by atoms with Crippen LogP contribution in [0.4, 0.5) is 4.39 Å². The molecule has 0 radical (unpaired) electrons. The Morgan fingerprint density at radius 3 is 2.54 bits per heavy atom. The molecule has 0 aliphatic heterocycles. The van der Waals surface area contributed by atoms with Crippen molar-refractivity contribution in [3.63, 3.8) is 0 Å². The van der Waals surface area contributed by atoms with Gasteiger partial charge in [0.25, 0.3) is 0 Å². The van der Waals surface area contributed by atoms with E-state index in [0.29, 0.717) is 5.56 Å². The molecule has 1 aromatic rings. The molecular weight excluding hydrogens is 216 g/mol. The van der Waals surface area contributed by atoms with Gasteiger partial charge in [-0.3, -0.25) is 0 Å². The maximum absolute atomic E-state index is 12.8. The van der Waals surface area contributed by atoms with Gasteiger partial charge in [-0.1, -0.05) is 23.2 Å². The van der Waals surface area contributed by atoms with Crippen LogP contribution >= 0.6 is 23.2 Å². The molecule has 0 saturated heterocycles. The maximum atomic E-state index is 12.8. The van der Waals surface area contributed by atoms with Crippen LogP contribution in [0.1, 0.15) is 11.7 Å². The highest BCUT2D eigenvalue weighted by Crippen LogP contribution is 2.28. The van der Waals surface area contributed by atoms with E-state index in [1.807, 2.05) is 0 Å². The van der Waals surface area contributed by atoms with E-state index in [-0.39, 0.29) is 16.6 Å². The number of aliphatic hydroxyl groups is 1. The Morgan fingerprint density at radius 2 is 2.00 bits per heavy atom. The Morgan fingerprint density at radius 1 is 1.38 bits per heavy atom. The molecule has 1 rings (SSSR count). The Labute approximate surface area is 85.1 Å². The quantitative estimate of drug-likeness (QED) is 0.755. The molecular formula is C8H8Cl2FNO. The van der Waals surface area contributed by atoms with E-state index in [2.05, 4.69) is 0 Å². The van der Waals surface area contributed by atoms with Crippen molar-refractivity contribution in [3.8, 4) is 0 Å². The zero-order chi connectivity index (χ0) is 10.0. The summed E-state index contributed by atoms with van der Waals surface area (Å²) in [4.78, 5) is 0. The normalized spacial score (nSPS) is 13.0. The van der Waals surface area contributed by atoms with Crippen LogP contribution in [-0.4, -0.2) is 11.7 Å². The van der Waals surface area contributed by atoms with Crippen molar-refractivity contribution in [1.29, 1.82) is 0 Å². The fraction of sp³-hybridized carbons (Fsp3) is 0.250. The van der Waals surface area contributed by atoms with Gasteiger partial charge >= 0.3 is 0 Å². The second-order valence-corrected chi connectivity index (χ2v) is 3.35. The van der Waals surface area contributed by atoms with E-state index in [1.165, 1.54) is 6.07 Å². The SMILES string of the molecule is NCC(O)c1cc(Cl)c(F)cc1Cl. The standard InChI is InChI=1S/C8H8Cl2FNO/c9-5-2-7(11)6(10)1-4(5)8(13)3-12/h1-2,8,13H,3,12H2. The topological polar surface area (TPSA) is 46.2 Å². The average Bonchev–Trinajstić information content (AvgIpc) is 2.10. The van der Waals surface area contributed by atoms with Crippen LogP contribution in [0.2, 0.25) is 10.0 Å². The van der Waals surface area contributed by atoms with Crippen LogP contribution in [0.3, 0.4) is 0 Å². The minimum absolute atomic E-state index is 0.0156. The summed E-state index contributed by atoms with van der Waals surface area (Å²) in [5.41, 5.74) is 5.56. The molecule has 0 spiro atoms. The van der Waals surface area contributed by atoms with Crippen molar-refractivity contribution in [2.75, 3.05) is 6.54 Å². The molecule has 1 unspecified atom stereocenters. The summed E-state index contributed by atoms with van der Waals surface area (Å²) in [6.45, 7) is 0.0156. The van der Waals surface area contributed by atoms with Gasteiger partial charge in [-0.25, -0.2) is 4.39 Å². The lowest BCUT2D eigenvalue weighted by atomic mass is 10.1. The molecule has 0 saturated carbocycles. The minimum Gasteiger partial charge on any atom is -0.387 e. The van der Waals surface area contributed by atoms with Gasteiger partial charge in [-0.2, -0.15) is 0 Å². The average molecular weight is 224 g/mol. The Bertz CT molecular complexity index is 319. The van der Waals surface area contributed by atoms with Crippen molar-refractivity contribution < 1.29 is 9.50 Å². The van der Waals surface area contributed by atoms with Gasteiger partial charge < -0.3 is 10.8 Å². The molecule has 0 aliphatic rings. The molecule has 0 aromatic heterocycles. The first-order valence-electron chi connectivity index (χ1n) is 3.59. The summed E-state index contributed by atoms with van der Waals surface area (Å²) in [5.74, 6) is -0.611. The van der Waals surface area contributed by atoms with Gasteiger partial charge in [0.05, 0.1) is 11.1 Å². The summed E-state index contributed by atoms with van der Waals surface area (Å²) in [6.07, 6.45) is -0.911. The summed E-state index contributed by atoms with van der Waals surface area (Å²) in [7, 11) is 0. The predicted octanol–water partition coefficient (Wildman–Crippen LogP) is 2.12. The van der Waals surface area contributed by atoms with E-state index >= 15 is 0 Å². The second-order valence-electron chi connectivity index (χ2n) is 2.54. The molecule has 0 amide bonds. The molecule has 2 nitrogen and oxygen atoms in total. The fourth-order valence-electron chi connectivity index (χ4n) is 0.920. The molecule has 3 N–H and O–H groups in total. The molecule has 1 aromatic carbocycles. The lowest BCUT2D eigenvalue weighted by molar-refractivity contribution is 0.187. The third kappa shape index (κ3) is 2.31. The molecule has 13 heavy (non-hydrogen) atoms. The lowest BCUT2D eigenvalue weighted by Crippen LogP contribution is -2.12. The molecule has 0 aliphatic carbocycles. The number of halogens is 3. The Hall–Kier alpha value is -0.350. The van der Waals surface area contributed by atoms with Gasteiger partial charge in [0, 0.05) is 17.1 Å². The Balaban J connectivity index is 3.15. The van der Waals surface area contributed by atoms with E-state index < -0.39 is 11.9 Å². The van der Waals surface area contributed by atoms with Crippen LogP contribution in [-0.2, 0) is 0 Å². The number of hydrogen-bond acceptors (Lipinski definition) is 2. The van der Waals surface area contributed by atoms with Crippen molar-refractivity contribution in [3.05, 3.63) is 33.6 Å². The van der Waals surface area contributed by atoms with E-state index in [0.717, 1.165) is 6.07 Å². The second kappa shape index (κ2) is 4.24. The summed E-state index contributed by atoms with van der Waals surface area (Å²) >= 11 is 11.2. The number of benzene rings is 1. The highest BCUT2D eigenvalue weighted by molar-refractivity contribution is 6.33. The molecule has 5 heteroatoms. The first-order valence-corrected chi connectivity index (χ1v) is 4.34. The van der Waals surface area contributed by atoms with Crippen molar-refractivity contribution in [2.24, 2.45) is 5.73 Å². The third-order valence-corrected chi connectivity index (χ3v) is 2.24. The molecule has 0 heterocycles. The van der Waals surface area contributed by atoms with Gasteiger partial charge in [0.15, 0.2) is 0 Å². The summed E-state index contributed by atoms with van der Waals surface area (Å²) in [6, 6.07) is 2.33. The number of hydrogen-bond donors (Lipinski definition) is 2. The first-order chi connectivity index (χ1) is 6.06. The highest BCUT2D eigenvalue weighted by Gasteiger charge is 2.12. The van der Waals surface area contributed by atoms with Crippen LogP contribution < -0.4 is 5.73 Å². The smallest absolute Gasteiger partial charge is 0.143 e.